The van der Waals surface area contributed by atoms with Gasteiger partial charge in [-0.2, -0.15) is 9.57 Å². The van der Waals surface area contributed by atoms with Crippen molar-refractivity contribution in [3.05, 3.63) is 59.7 Å². The number of sulfonamides is 1. The predicted octanol–water partition coefficient (Wildman–Crippen LogP) is 1.77. The molecule has 1 heterocycles. The maximum Gasteiger partial charge on any atom is 0.258 e. The number of piperazine rings is 1. The second-order valence-corrected chi connectivity index (χ2v) is 8.70. The Morgan fingerprint density at radius 2 is 1.75 bits per heavy atom. The molecule has 1 fully saturated rings. The number of carbonyl (C=O) groups excluding carboxylic acids is 1. The van der Waals surface area contributed by atoms with E-state index in [0.29, 0.717) is 37.4 Å². The van der Waals surface area contributed by atoms with Crippen molar-refractivity contribution in [2.24, 2.45) is 0 Å². The summed E-state index contributed by atoms with van der Waals surface area (Å²) >= 11 is 0. The maximum atomic E-state index is 12.9. The average molecular weight is 398 g/mol. The minimum atomic E-state index is -3.65. The molecule has 8 heteroatoms. The molecule has 7 nitrogen and oxygen atoms in total. The highest BCUT2D eigenvalue weighted by molar-refractivity contribution is 7.89. The van der Waals surface area contributed by atoms with Gasteiger partial charge in [0, 0.05) is 44.5 Å². The van der Waals surface area contributed by atoms with Gasteiger partial charge in [-0.15, -0.1) is 0 Å². The van der Waals surface area contributed by atoms with Crippen LogP contribution in [-0.2, 0) is 10.0 Å². The van der Waals surface area contributed by atoms with Gasteiger partial charge >= 0.3 is 0 Å². The first kappa shape index (κ1) is 20.0. The van der Waals surface area contributed by atoms with Gasteiger partial charge in [-0.05, 0) is 43.4 Å². The average Bonchev–Trinajstić information content (AvgIpc) is 2.73. The van der Waals surface area contributed by atoms with Gasteiger partial charge < -0.3 is 9.80 Å². The van der Waals surface area contributed by atoms with Crippen LogP contribution < -0.4 is 4.90 Å². The van der Waals surface area contributed by atoms with E-state index in [-0.39, 0.29) is 16.4 Å². The highest BCUT2D eigenvalue weighted by atomic mass is 32.2. The van der Waals surface area contributed by atoms with E-state index in [4.69, 9.17) is 5.26 Å². The van der Waals surface area contributed by atoms with Crippen LogP contribution >= 0.6 is 0 Å². The molecule has 0 N–H and O–H groups in total. The van der Waals surface area contributed by atoms with Gasteiger partial charge in [-0.3, -0.25) is 4.79 Å². The lowest BCUT2D eigenvalue weighted by Gasteiger charge is -2.31. The molecule has 0 saturated carbocycles. The van der Waals surface area contributed by atoms with E-state index in [9.17, 15) is 13.2 Å². The van der Waals surface area contributed by atoms with E-state index in [0.717, 1.165) is 0 Å². The van der Waals surface area contributed by atoms with Gasteiger partial charge in [0.2, 0.25) is 10.0 Å². The second kappa shape index (κ2) is 8.10. The van der Waals surface area contributed by atoms with Crippen molar-refractivity contribution in [1.29, 1.82) is 5.26 Å². The number of rotatable bonds is 4. The molecule has 3 rings (SSSR count). The summed E-state index contributed by atoms with van der Waals surface area (Å²) in [6, 6.07) is 14.8. The van der Waals surface area contributed by atoms with Crippen molar-refractivity contribution in [3.8, 4) is 6.07 Å². The first-order chi connectivity index (χ1) is 13.3. The fourth-order valence-corrected chi connectivity index (χ4v) is 4.53. The topological polar surface area (TPSA) is 84.7 Å². The molecule has 28 heavy (non-hydrogen) atoms. The van der Waals surface area contributed by atoms with Gasteiger partial charge in [0.25, 0.3) is 5.91 Å². The van der Waals surface area contributed by atoms with Crippen LogP contribution in [0.3, 0.4) is 0 Å². The Morgan fingerprint density at radius 1 is 1.07 bits per heavy atom. The van der Waals surface area contributed by atoms with E-state index in [1.54, 1.807) is 43.4 Å². The van der Waals surface area contributed by atoms with Gasteiger partial charge in [0.05, 0.1) is 16.5 Å². The third kappa shape index (κ3) is 4.07. The molecule has 0 aromatic heterocycles. The van der Waals surface area contributed by atoms with Crippen LogP contribution in [0.25, 0.3) is 0 Å². The lowest BCUT2D eigenvalue weighted by molar-refractivity contribution is 0.0993. The number of anilines is 1. The van der Waals surface area contributed by atoms with Gasteiger partial charge in [-0.1, -0.05) is 12.1 Å². The second-order valence-electron chi connectivity index (χ2n) is 6.76. The van der Waals surface area contributed by atoms with E-state index >= 15 is 0 Å². The van der Waals surface area contributed by atoms with Crippen molar-refractivity contribution in [1.82, 2.24) is 9.21 Å². The molecule has 0 radical (unpaired) electrons. The monoisotopic (exact) mass is 398 g/mol. The largest absolute Gasteiger partial charge is 0.311 e. The van der Waals surface area contributed by atoms with Crippen molar-refractivity contribution in [2.45, 2.75) is 4.90 Å². The lowest BCUT2D eigenvalue weighted by Crippen LogP contribution is -2.47. The molecule has 1 amide bonds. The zero-order valence-electron chi connectivity index (χ0n) is 15.9. The van der Waals surface area contributed by atoms with E-state index in [1.165, 1.54) is 21.3 Å². The minimum absolute atomic E-state index is 0.113. The molecule has 0 aliphatic carbocycles. The molecular formula is C20H22N4O3S. The summed E-state index contributed by atoms with van der Waals surface area (Å²) in [7, 11) is -0.0932. The molecule has 2 aromatic carbocycles. The zero-order chi connectivity index (χ0) is 20.3. The first-order valence-corrected chi connectivity index (χ1v) is 10.3. The summed E-state index contributed by atoms with van der Waals surface area (Å²) < 4.78 is 27.3. The van der Waals surface area contributed by atoms with Crippen LogP contribution in [0.1, 0.15) is 15.9 Å². The summed E-state index contributed by atoms with van der Waals surface area (Å²) in [4.78, 5) is 16.5. The van der Waals surface area contributed by atoms with Gasteiger partial charge in [0.1, 0.15) is 0 Å². The Kier molecular flexibility index (Phi) is 5.79. The van der Waals surface area contributed by atoms with Gasteiger partial charge in [-0.25, -0.2) is 8.42 Å². The van der Waals surface area contributed by atoms with Crippen LogP contribution in [0.15, 0.2) is 53.4 Å². The molecule has 0 unspecified atom stereocenters. The van der Waals surface area contributed by atoms with Crippen LogP contribution in [0, 0.1) is 11.3 Å². The fraction of sp³-hybridized carbons (Fsp3) is 0.300. The number of amides is 1. The molecule has 1 aliphatic rings. The molecule has 0 atom stereocenters. The zero-order valence-corrected chi connectivity index (χ0v) is 16.7. The quantitative estimate of drug-likeness (QED) is 0.784. The number of carbonyl (C=O) groups is 1. The fourth-order valence-electron chi connectivity index (χ4n) is 3.06. The Bertz CT molecular complexity index is 1020. The molecule has 1 saturated heterocycles. The minimum Gasteiger partial charge on any atom is -0.311 e. The molecule has 0 spiro atoms. The predicted molar refractivity (Wildman–Crippen MR) is 107 cm³/mol. The highest BCUT2D eigenvalue weighted by Gasteiger charge is 2.28. The van der Waals surface area contributed by atoms with Crippen molar-refractivity contribution in [2.75, 3.05) is 45.2 Å². The van der Waals surface area contributed by atoms with E-state index < -0.39 is 10.0 Å². The molecule has 146 valence electrons. The first-order valence-electron chi connectivity index (χ1n) is 8.90. The van der Waals surface area contributed by atoms with Crippen LogP contribution in [-0.4, -0.2) is 63.8 Å². The number of likely N-dealkylation sites (N-methyl/N-ethyl adjacent to an activating group) is 1. The summed E-state index contributed by atoms with van der Waals surface area (Å²) in [6.07, 6.45) is 0. The van der Waals surface area contributed by atoms with Crippen LogP contribution in [0.5, 0.6) is 0 Å². The van der Waals surface area contributed by atoms with Gasteiger partial charge in [0.15, 0.2) is 0 Å². The summed E-state index contributed by atoms with van der Waals surface area (Å²) in [5.41, 5.74) is 1.29. The van der Waals surface area contributed by atoms with Crippen molar-refractivity contribution in [3.63, 3.8) is 0 Å². The standard InChI is InChI=1S/C20H22N4O3S/c1-22-9-11-24(12-10-22)28(26,27)19-8-4-6-17(14-19)20(25)23(2)18-7-3-5-16(13-18)15-21/h3-8,13-14H,9-12H2,1-2H3. The van der Waals surface area contributed by atoms with Crippen molar-refractivity contribution >= 4 is 21.6 Å². The van der Waals surface area contributed by atoms with E-state index in [1.807, 2.05) is 13.1 Å². The third-order valence-corrected chi connectivity index (χ3v) is 6.74. The normalized spacial score (nSPS) is 15.8. The Balaban J connectivity index is 1.86. The molecular weight excluding hydrogens is 376 g/mol. The molecule has 0 bridgehead atoms. The number of nitrogens with zero attached hydrogens (tertiary/aromatic N) is 4. The molecule has 2 aromatic rings. The van der Waals surface area contributed by atoms with Crippen LogP contribution in [0.4, 0.5) is 5.69 Å². The highest BCUT2D eigenvalue weighted by Crippen LogP contribution is 2.21. The number of hydrogen-bond acceptors (Lipinski definition) is 5. The Morgan fingerprint density at radius 3 is 2.43 bits per heavy atom. The number of nitriles is 1. The Labute approximate surface area is 165 Å². The summed E-state index contributed by atoms with van der Waals surface area (Å²) in [5, 5.41) is 9.04. The summed E-state index contributed by atoms with van der Waals surface area (Å²) in [5.74, 6) is -0.342. The number of benzene rings is 2. The molecule has 1 aliphatic heterocycles. The summed E-state index contributed by atoms with van der Waals surface area (Å²) in [6.45, 7) is 2.21. The lowest BCUT2D eigenvalue weighted by atomic mass is 10.1. The van der Waals surface area contributed by atoms with Crippen LogP contribution in [0.2, 0.25) is 0 Å². The third-order valence-electron chi connectivity index (χ3n) is 4.85. The smallest absolute Gasteiger partial charge is 0.258 e. The SMILES string of the molecule is CN1CCN(S(=O)(=O)c2cccc(C(=O)N(C)c3cccc(C#N)c3)c2)CC1. The number of hydrogen-bond donors (Lipinski definition) is 0. The van der Waals surface area contributed by atoms with Crippen molar-refractivity contribution < 1.29 is 13.2 Å². The maximum absolute atomic E-state index is 12.9. The van der Waals surface area contributed by atoms with E-state index in [2.05, 4.69) is 4.90 Å². The Hall–Kier alpha value is -2.73.